The van der Waals surface area contributed by atoms with Gasteiger partial charge >= 0.3 is 5.97 Å². The Balaban J connectivity index is 2.06. The minimum Gasteiger partial charge on any atom is -0.462 e. The van der Waals surface area contributed by atoms with Crippen molar-refractivity contribution in [2.24, 2.45) is 0 Å². The van der Waals surface area contributed by atoms with Crippen molar-refractivity contribution in [1.29, 1.82) is 0 Å². The quantitative estimate of drug-likeness (QED) is 0.640. The third-order valence-electron chi connectivity index (χ3n) is 3.53. The maximum atomic E-state index is 14.0. The fraction of sp³-hybridized carbons (Fsp3) is 0.500. The average molecular weight is 327 g/mol. The van der Waals surface area contributed by atoms with Crippen LogP contribution in [0.5, 0.6) is 0 Å². The Morgan fingerprint density at radius 3 is 2.61 bits per heavy atom. The summed E-state index contributed by atoms with van der Waals surface area (Å²) >= 11 is 0. The topological polar surface area (TPSA) is 64.6 Å². The number of halogens is 2. The lowest BCUT2D eigenvalue weighted by Crippen LogP contribution is -2.38. The van der Waals surface area contributed by atoms with Gasteiger partial charge in [0.15, 0.2) is 5.78 Å². The zero-order valence-electron chi connectivity index (χ0n) is 12.9. The Labute approximate surface area is 133 Å². The minimum absolute atomic E-state index is 0.0288. The van der Waals surface area contributed by atoms with Crippen LogP contribution in [0.25, 0.3) is 0 Å². The lowest BCUT2D eigenvalue weighted by molar-refractivity contribution is 0.0224. The molecule has 0 saturated carbocycles. The molecule has 0 bridgehead atoms. The molecule has 2 rings (SSSR count). The fourth-order valence-electron chi connectivity index (χ4n) is 2.39. The van der Waals surface area contributed by atoms with E-state index in [-0.39, 0.29) is 24.7 Å². The Bertz CT molecular complexity index is 562. The van der Waals surface area contributed by atoms with Crippen LogP contribution >= 0.6 is 0 Å². The van der Waals surface area contributed by atoms with E-state index in [9.17, 15) is 18.4 Å². The molecular formula is C16H19F2NO4. The van der Waals surface area contributed by atoms with Gasteiger partial charge in [-0.2, -0.15) is 0 Å². The number of hydrogen-bond donors (Lipinski definition) is 1. The highest BCUT2D eigenvalue weighted by Gasteiger charge is 2.23. The van der Waals surface area contributed by atoms with E-state index in [4.69, 9.17) is 4.74 Å². The summed E-state index contributed by atoms with van der Waals surface area (Å²) in [5.74, 6) is -3.59. The standard InChI is InChI=1S/C16H19F2NO4/c1-2-22-16(21)10-7-12(17)15(13(18)8-10)14(20)4-3-11-9-19-5-6-23-11/h7-8,11,19H,2-6,9H2,1H3/t11-/m0/s1. The number of nitrogens with one attached hydrogen (secondary N) is 1. The van der Waals surface area contributed by atoms with E-state index < -0.39 is 29.0 Å². The molecule has 1 aliphatic rings. The summed E-state index contributed by atoms with van der Waals surface area (Å²) in [6.45, 7) is 3.60. The first-order valence-electron chi connectivity index (χ1n) is 7.54. The predicted octanol–water partition coefficient (Wildman–Crippen LogP) is 2.09. The van der Waals surface area contributed by atoms with Gasteiger partial charge in [0.2, 0.25) is 0 Å². The second-order valence-electron chi connectivity index (χ2n) is 5.19. The van der Waals surface area contributed by atoms with Crippen LogP contribution in [0.2, 0.25) is 0 Å². The summed E-state index contributed by atoms with van der Waals surface area (Å²) < 4.78 is 38.2. The Hall–Kier alpha value is -1.86. The van der Waals surface area contributed by atoms with E-state index in [1.54, 1.807) is 6.92 Å². The van der Waals surface area contributed by atoms with Gasteiger partial charge < -0.3 is 14.8 Å². The zero-order chi connectivity index (χ0) is 16.8. The van der Waals surface area contributed by atoms with Crippen molar-refractivity contribution in [3.05, 3.63) is 34.9 Å². The molecule has 1 aromatic rings. The number of morpholine rings is 1. The van der Waals surface area contributed by atoms with Crippen molar-refractivity contribution >= 4 is 11.8 Å². The van der Waals surface area contributed by atoms with Crippen LogP contribution in [0.4, 0.5) is 8.78 Å². The molecule has 1 aliphatic heterocycles. The number of benzene rings is 1. The van der Waals surface area contributed by atoms with Crippen molar-refractivity contribution in [3.63, 3.8) is 0 Å². The molecule has 5 nitrogen and oxygen atoms in total. The van der Waals surface area contributed by atoms with Gasteiger partial charge in [0.05, 0.1) is 30.4 Å². The van der Waals surface area contributed by atoms with Gasteiger partial charge in [-0.15, -0.1) is 0 Å². The maximum absolute atomic E-state index is 14.0. The van der Waals surface area contributed by atoms with E-state index in [0.29, 0.717) is 19.6 Å². The largest absolute Gasteiger partial charge is 0.462 e. The van der Waals surface area contributed by atoms with Gasteiger partial charge in [0, 0.05) is 19.5 Å². The van der Waals surface area contributed by atoms with Crippen LogP contribution < -0.4 is 5.32 Å². The first-order valence-corrected chi connectivity index (χ1v) is 7.54. The molecular weight excluding hydrogens is 308 g/mol. The highest BCUT2D eigenvalue weighted by Crippen LogP contribution is 2.19. The van der Waals surface area contributed by atoms with Crippen LogP contribution in [0.3, 0.4) is 0 Å². The summed E-state index contributed by atoms with van der Waals surface area (Å²) in [6.07, 6.45) is 0.209. The summed E-state index contributed by atoms with van der Waals surface area (Å²) in [6, 6.07) is 1.65. The second-order valence-corrected chi connectivity index (χ2v) is 5.19. The number of carbonyl (C=O) groups is 2. The SMILES string of the molecule is CCOC(=O)c1cc(F)c(C(=O)CC[C@H]2CNCCO2)c(F)c1. The molecule has 1 N–H and O–H groups in total. The van der Waals surface area contributed by atoms with E-state index in [2.05, 4.69) is 10.1 Å². The smallest absolute Gasteiger partial charge is 0.338 e. The number of Topliss-reactive ketones (excluding diaryl/α,β-unsaturated/α-hetero) is 1. The number of carbonyl (C=O) groups excluding carboxylic acids is 2. The van der Waals surface area contributed by atoms with Crippen LogP contribution in [-0.4, -0.2) is 44.2 Å². The molecule has 1 aromatic carbocycles. The first-order chi connectivity index (χ1) is 11.0. The van der Waals surface area contributed by atoms with E-state index in [1.165, 1.54) is 0 Å². The molecule has 0 unspecified atom stereocenters. The fourth-order valence-corrected chi connectivity index (χ4v) is 2.39. The van der Waals surface area contributed by atoms with Crippen LogP contribution in [0.1, 0.15) is 40.5 Å². The number of hydrogen-bond acceptors (Lipinski definition) is 5. The number of ketones is 1. The predicted molar refractivity (Wildman–Crippen MR) is 78.5 cm³/mol. The van der Waals surface area contributed by atoms with E-state index in [1.807, 2.05) is 0 Å². The summed E-state index contributed by atoms with van der Waals surface area (Å²) in [7, 11) is 0. The molecule has 1 saturated heterocycles. The van der Waals surface area contributed by atoms with Crippen LogP contribution in [0, 0.1) is 11.6 Å². The summed E-state index contributed by atoms with van der Waals surface area (Å²) in [4.78, 5) is 23.6. The van der Waals surface area contributed by atoms with Gasteiger partial charge in [-0.3, -0.25) is 4.79 Å². The van der Waals surface area contributed by atoms with Gasteiger partial charge in [-0.1, -0.05) is 0 Å². The van der Waals surface area contributed by atoms with Crippen molar-refractivity contribution < 1.29 is 27.8 Å². The molecule has 0 amide bonds. The van der Waals surface area contributed by atoms with Crippen molar-refractivity contribution in [2.45, 2.75) is 25.9 Å². The summed E-state index contributed by atoms with van der Waals surface area (Å²) in [5.41, 5.74) is -0.875. The monoisotopic (exact) mass is 327 g/mol. The molecule has 0 spiro atoms. The van der Waals surface area contributed by atoms with Crippen molar-refractivity contribution in [2.75, 3.05) is 26.3 Å². The molecule has 126 valence electrons. The van der Waals surface area contributed by atoms with E-state index >= 15 is 0 Å². The van der Waals surface area contributed by atoms with Gasteiger partial charge in [-0.25, -0.2) is 13.6 Å². The molecule has 7 heteroatoms. The molecule has 0 radical (unpaired) electrons. The molecule has 1 atom stereocenters. The Morgan fingerprint density at radius 2 is 2.04 bits per heavy atom. The number of esters is 1. The molecule has 23 heavy (non-hydrogen) atoms. The van der Waals surface area contributed by atoms with Crippen LogP contribution in [0.15, 0.2) is 12.1 Å². The zero-order valence-corrected chi connectivity index (χ0v) is 12.9. The molecule has 0 aromatic heterocycles. The highest BCUT2D eigenvalue weighted by molar-refractivity contribution is 5.98. The lowest BCUT2D eigenvalue weighted by Gasteiger charge is -2.23. The number of ether oxygens (including phenoxy) is 2. The van der Waals surface area contributed by atoms with Gasteiger partial charge in [0.25, 0.3) is 0 Å². The van der Waals surface area contributed by atoms with Crippen molar-refractivity contribution in [3.8, 4) is 0 Å². The minimum atomic E-state index is -1.05. The number of rotatable bonds is 6. The third-order valence-corrected chi connectivity index (χ3v) is 3.53. The molecule has 1 heterocycles. The normalized spacial score (nSPS) is 17.8. The third kappa shape index (κ3) is 4.56. The van der Waals surface area contributed by atoms with Gasteiger partial charge in [-0.05, 0) is 25.5 Å². The summed E-state index contributed by atoms with van der Waals surface area (Å²) in [5, 5.41) is 3.12. The van der Waals surface area contributed by atoms with E-state index in [0.717, 1.165) is 18.7 Å². The van der Waals surface area contributed by atoms with Crippen molar-refractivity contribution in [1.82, 2.24) is 5.32 Å². The Morgan fingerprint density at radius 1 is 1.35 bits per heavy atom. The highest BCUT2D eigenvalue weighted by atomic mass is 19.1. The van der Waals surface area contributed by atoms with Crippen LogP contribution in [-0.2, 0) is 9.47 Å². The van der Waals surface area contributed by atoms with Gasteiger partial charge in [0.1, 0.15) is 11.6 Å². The first kappa shape index (κ1) is 17.5. The molecule has 1 fully saturated rings. The maximum Gasteiger partial charge on any atom is 0.338 e. The Kier molecular flexibility index (Phi) is 6.18. The lowest BCUT2D eigenvalue weighted by atomic mass is 10.0. The molecule has 0 aliphatic carbocycles. The second kappa shape index (κ2) is 8.12. The average Bonchev–Trinajstić information content (AvgIpc) is 2.53.